The van der Waals surface area contributed by atoms with Gasteiger partial charge in [0.25, 0.3) is 0 Å². The molecule has 1 aromatic rings. The summed E-state index contributed by atoms with van der Waals surface area (Å²) in [4.78, 5) is 4.29. The smallest absolute Gasteiger partial charge is 0.245 e. The zero-order chi connectivity index (χ0) is 14.8. The highest BCUT2D eigenvalue weighted by atomic mass is 32.2. The van der Waals surface area contributed by atoms with E-state index < -0.39 is 11.7 Å². The van der Waals surface area contributed by atoms with Crippen molar-refractivity contribution in [2.45, 2.75) is 36.9 Å². The van der Waals surface area contributed by atoms with Crippen LogP contribution in [-0.2, 0) is 19.0 Å². The van der Waals surface area contributed by atoms with E-state index in [0.717, 1.165) is 18.2 Å². The minimum Gasteiger partial charge on any atom is -0.245 e. The summed E-state index contributed by atoms with van der Waals surface area (Å²) in [6, 6.07) is 1.69. The molecule has 2 rings (SSSR count). The highest BCUT2D eigenvalue weighted by Gasteiger charge is 2.39. The normalized spacial score (nSPS) is 14.5. The van der Waals surface area contributed by atoms with Gasteiger partial charge in [0.15, 0.2) is 0 Å². The molecule has 2 nitrogen and oxygen atoms in total. The molecule has 1 aliphatic rings. The highest BCUT2D eigenvalue weighted by molar-refractivity contribution is 7.99. The molecule has 0 bridgehead atoms. The first kappa shape index (κ1) is 14.9. The molecular formula is C14H13F3N2S. The van der Waals surface area contributed by atoms with Crippen LogP contribution in [-0.4, -0.2) is 10.7 Å². The SMILES string of the molecule is C=CCSc1nc2c(c(C(F)(F)F)c1C#N)CCCC2. The van der Waals surface area contributed by atoms with Crippen molar-refractivity contribution in [3.05, 3.63) is 35.0 Å². The highest BCUT2D eigenvalue weighted by Crippen LogP contribution is 2.41. The van der Waals surface area contributed by atoms with Gasteiger partial charge < -0.3 is 0 Å². The zero-order valence-electron chi connectivity index (χ0n) is 10.8. The molecule has 0 saturated heterocycles. The molecule has 20 heavy (non-hydrogen) atoms. The lowest BCUT2D eigenvalue weighted by atomic mass is 9.90. The van der Waals surface area contributed by atoms with Gasteiger partial charge in [0.2, 0.25) is 0 Å². The summed E-state index contributed by atoms with van der Waals surface area (Å²) in [6.45, 7) is 3.54. The standard InChI is InChI=1S/C14H13F3N2S/c1-2-7-20-13-10(8-18)12(14(15,16)17)9-5-3-4-6-11(9)19-13/h2H,1,3-7H2. The van der Waals surface area contributed by atoms with Gasteiger partial charge in [-0.2, -0.15) is 18.4 Å². The molecule has 0 amide bonds. The second kappa shape index (κ2) is 5.88. The molecule has 1 aliphatic carbocycles. The minimum atomic E-state index is -4.51. The maximum atomic E-state index is 13.3. The monoisotopic (exact) mass is 298 g/mol. The minimum absolute atomic E-state index is 0.167. The molecule has 1 heterocycles. The van der Waals surface area contributed by atoms with Gasteiger partial charge in [0.05, 0.1) is 11.1 Å². The lowest BCUT2D eigenvalue weighted by Gasteiger charge is -2.22. The van der Waals surface area contributed by atoms with E-state index >= 15 is 0 Å². The Labute approximate surface area is 119 Å². The number of fused-ring (bicyclic) bond motifs is 1. The van der Waals surface area contributed by atoms with Gasteiger partial charge in [-0.1, -0.05) is 6.08 Å². The van der Waals surface area contributed by atoms with Crippen molar-refractivity contribution in [2.24, 2.45) is 0 Å². The maximum Gasteiger partial charge on any atom is 0.418 e. The lowest BCUT2D eigenvalue weighted by molar-refractivity contribution is -0.138. The Hall–Kier alpha value is -1.48. The molecule has 0 N–H and O–H groups in total. The summed E-state index contributed by atoms with van der Waals surface area (Å²) >= 11 is 1.12. The summed E-state index contributed by atoms with van der Waals surface area (Å²) in [7, 11) is 0. The molecule has 106 valence electrons. The first-order valence-electron chi connectivity index (χ1n) is 6.25. The Morgan fingerprint density at radius 2 is 2.05 bits per heavy atom. The molecule has 0 aliphatic heterocycles. The van der Waals surface area contributed by atoms with Crippen LogP contribution in [0.25, 0.3) is 0 Å². The fourth-order valence-electron chi connectivity index (χ4n) is 2.38. The van der Waals surface area contributed by atoms with Crippen LogP contribution in [0.4, 0.5) is 13.2 Å². The Balaban J connectivity index is 2.67. The number of hydrogen-bond acceptors (Lipinski definition) is 3. The molecule has 6 heteroatoms. The first-order valence-corrected chi connectivity index (χ1v) is 7.24. The number of aryl methyl sites for hydroxylation is 1. The Morgan fingerprint density at radius 1 is 1.35 bits per heavy atom. The van der Waals surface area contributed by atoms with Crippen molar-refractivity contribution < 1.29 is 13.2 Å². The van der Waals surface area contributed by atoms with Crippen molar-refractivity contribution in [1.29, 1.82) is 5.26 Å². The quantitative estimate of drug-likeness (QED) is 0.622. The van der Waals surface area contributed by atoms with Gasteiger partial charge in [-0.15, -0.1) is 18.3 Å². The largest absolute Gasteiger partial charge is 0.418 e. The van der Waals surface area contributed by atoms with E-state index in [-0.39, 0.29) is 16.2 Å². The Bertz CT molecular complexity index is 573. The van der Waals surface area contributed by atoms with E-state index in [2.05, 4.69) is 11.6 Å². The van der Waals surface area contributed by atoms with Crippen LogP contribution in [0.3, 0.4) is 0 Å². The van der Waals surface area contributed by atoms with Crippen molar-refractivity contribution >= 4 is 11.8 Å². The third-order valence-electron chi connectivity index (χ3n) is 3.17. The van der Waals surface area contributed by atoms with Gasteiger partial charge in [0.1, 0.15) is 11.1 Å². The second-order valence-electron chi connectivity index (χ2n) is 4.51. The van der Waals surface area contributed by atoms with Crippen molar-refractivity contribution in [3.63, 3.8) is 0 Å². The number of rotatable bonds is 3. The first-order chi connectivity index (χ1) is 9.49. The van der Waals surface area contributed by atoms with Gasteiger partial charge >= 0.3 is 6.18 Å². The van der Waals surface area contributed by atoms with Crippen LogP contribution >= 0.6 is 11.8 Å². The number of alkyl halides is 3. The van der Waals surface area contributed by atoms with E-state index in [4.69, 9.17) is 5.26 Å². The van der Waals surface area contributed by atoms with E-state index in [1.54, 1.807) is 12.1 Å². The molecule has 0 atom stereocenters. The topological polar surface area (TPSA) is 36.7 Å². The molecule has 0 unspecified atom stereocenters. The molecule has 1 aromatic heterocycles. The predicted octanol–water partition coefficient (Wildman–Crippen LogP) is 4.13. The van der Waals surface area contributed by atoms with Crippen molar-refractivity contribution in [1.82, 2.24) is 4.98 Å². The summed E-state index contributed by atoms with van der Waals surface area (Å²) in [5, 5.41) is 9.30. The molecule has 0 saturated carbocycles. The summed E-state index contributed by atoms with van der Waals surface area (Å²) in [6.07, 6.45) is -0.486. The van der Waals surface area contributed by atoms with Crippen molar-refractivity contribution in [3.8, 4) is 6.07 Å². The van der Waals surface area contributed by atoms with Gasteiger partial charge in [-0.05, 0) is 31.2 Å². The number of thioether (sulfide) groups is 1. The number of nitriles is 1. The number of halogens is 3. The van der Waals surface area contributed by atoms with Gasteiger partial charge in [-0.3, -0.25) is 0 Å². The number of pyridine rings is 1. The summed E-state index contributed by atoms with van der Waals surface area (Å²) < 4.78 is 40.0. The van der Waals surface area contributed by atoms with Crippen LogP contribution < -0.4 is 0 Å². The van der Waals surface area contributed by atoms with Gasteiger partial charge in [0, 0.05) is 11.4 Å². The van der Waals surface area contributed by atoms with Crippen LogP contribution in [0.5, 0.6) is 0 Å². The van der Waals surface area contributed by atoms with E-state index in [1.807, 2.05) is 0 Å². The summed E-state index contributed by atoms with van der Waals surface area (Å²) in [5.41, 5.74) is -0.418. The lowest BCUT2D eigenvalue weighted by Crippen LogP contribution is -2.19. The summed E-state index contributed by atoms with van der Waals surface area (Å²) in [5.74, 6) is 0.428. The predicted molar refractivity (Wildman–Crippen MR) is 71.5 cm³/mol. The van der Waals surface area contributed by atoms with Crippen LogP contribution in [0.1, 0.15) is 35.2 Å². The fourth-order valence-corrected chi connectivity index (χ4v) is 3.12. The third kappa shape index (κ3) is 2.83. The van der Waals surface area contributed by atoms with Crippen LogP contribution in [0, 0.1) is 11.3 Å². The third-order valence-corrected chi connectivity index (χ3v) is 4.15. The fraction of sp³-hybridized carbons (Fsp3) is 0.429. The van der Waals surface area contributed by atoms with E-state index in [9.17, 15) is 13.2 Å². The Morgan fingerprint density at radius 3 is 2.65 bits per heavy atom. The van der Waals surface area contributed by atoms with Crippen molar-refractivity contribution in [2.75, 3.05) is 5.75 Å². The maximum absolute atomic E-state index is 13.3. The second-order valence-corrected chi connectivity index (χ2v) is 5.52. The number of aromatic nitrogens is 1. The van der Waals surface area contributed by atoms with Crippen LogP contribution in [0.15, 0.2) is 17.7 Å². The van der Waals surface area contributed by atoms with Gasteiger partial charge in [-0.25, -0.2) is 4.98 Å². The number of nitrogens with zero attached hydrogens (tertiary/aromatic N) is 2. The zero-order valence-corrected chi connectivity index (χ0v) is 11.6. The van der Waals surface area contributed by atoms with E-state index in [1.165, 1.54) is 0 Å². The molecule has 0 spiro atoms. The van der Waals surface area contributed by atoms with Crippen LogP contribution in [0.2, 0.25) is 0 Å². The molecule has 0 radical (unpaired) electrons. The Kier molecular flexibility index (Phi) is 4.39. The molecule has 0 fully saturated rings. The number of hydrogen-bond donors (Lipinski definition) is 0. The van der Waals surface area contributed by atoms with E-state index in [0.29, 0.717) is 30.7 Å². The molecular weight excluding hydrogens is 285 g/mol. The molecule has 0 aromatic carbocycles. The average molecular weight is 298 g/mol. The average Bonchev–Trinajstić information content (AvgIpc) is 2.42.